The second-order valence-electron chi connectivity index (χ2n) is 8.80. The predicted molar refractivity (Wildman–Crippen MR) is 117 cm³/mol. The first-order valence-electron chi connectivity index (χ1n) is 10.1. The topological polar surface area (TPSA) is 75.1 Å². The van der Waals surface area contributed by atoms with Crippen molar-refractivity contribution in [1.82, 2.24) is 20.3 Å². The highest BCUT2D eigenvalue weighted by Gasteiger charge is 2.48. The Bertz CT molecular complexity index is 1200. The number of hydrogen-bond donors (Lipinski definition) is 2. The lowest BCUT2D eigenvalue weighted by Crippen LogP contribution is -2.52. The molecule has 4 heterocycles. The fraction of sp³-hybridized carbons (Fsp3) is 0.455. The van der Waals surface area contributed by atoms with Gasteiger partial charge >= 0.3 is 0 Å². The summed E-state index contributed by atoms with van der Waals surface area (Å²) in [7, 11) is 2.02. The summed E-state index contributed by atoms with van der Waals surface area (Å²) in [5.41, 5.74) is 3.54. The molecule has 2 atom stereocenters. The molecule has 29 heavy (non-hydrogen) atoms. The van der Waals surface area contributed by atoms with E-state index in [1.54, 1.807) is 23.9 Å². The second kappa shape index (κ2) is 6.57. The molecule has 3 aromatic heterocycles. The van der Waals surface area contributed by atoms with Gasteiger partial charge in [0.05, 0.1) is 10.2 Å². The molecule has 0 spiro atoms. The molecular weight excluding hydrogens is 380 g/mol. The van der Waals surface area contributed by atoms with E-state index in [4.69, 9.17) is 9.98 Å². The molecule has 0 radical (unpaired) electrons. The molecule has 7 heteroatoms. The molecule has 0 bridgehead atoms. The van der Waals surface area contributed by atoms with E-state index < -0.39 is 0 Å². The molecule has 1 fully saturated rings. The first-order chi connectivity index (χ1) is 13.9. The van der Waals surface area contributed by atoms with Crippen molar-refractivity contribution in [3.05, 3.63) is 46.3 Å². The number of pyridine rings is 1. The van der Waals surface area contributed by atoms with Crippen LogP contribution in [-0.2, 0) is 6.54 Å². The van der Waals surface area contributed by atoms with E-state index in [1.807, 2.05) is 19.3 Å². The van der Waals surface area contributed by atoms with Crippen LogP contribution in [0.1, 0.15) is 39.2 Å². The van der Waals surface area contributed by atoms with Crippen molar-refractivity contribution < 1.29 is 0 Å². The van der Waals surface area contributed by atoms with Crippen LogP contribution in [0.2, 0.25) is 0 Å². The number of nitrogens with zero attached hydrogens (tertiary/aromatic N) is 4. The van der Waals surface area contributed by atoms with Crippen molar-refractivity contribution in [2.75, 3.05) is 12.4 Å². The largest absolute Gasteiger partial charge is 0.365 e. The van der Waals surface area contributed by atoms with E-state index in [1.165, 1.54) is 17.2 Å². The number of thiophene rings is 1. The van der Waals surface area contributed by atoms with Crippen LogP contribution in [0.4, 0.5) is 5.82 Å². The summed E-state index contributed by atoms with van der Waals surface area (Å²) in [6.45, 7) is 7.62. The Kier molecular flexibility index (Phi) is 4.22. The molecular formula is C22H26N6S. The quantitative estimate of drug-likeness (QED) is 0.697. The van der Waals surface area contributed by atoms with Gasteiger partial charge in [-0.3, -0.25) is 15.3 Å². The molecule has 2 N–H and O–H groups in total. The van der Waals surface area contributed by atoms with Gasteiger partial charge in [-0.25, -0.2) is 9.97 Å². The maximum atomic E-state index is 5.18. The van der Waals surface area contributed by atoms with Gasteiger partial charge in [0.25, 0.3) is 0 Å². The molecule has 2 aliphatic rings. The monoisotopic (exact) mass is 406 g/mol. The zero-order chi connectivity index (χ0) is 20.2. The normalized spacial score (nSPS) is 24.8. The molecule has 0 amide bonds. The number of rotatable bonds is 4. The van der Waals surface area contributed by atoms with E-state index in [2.05, 4.69) is 47.4 Å². The molecule has 1 aliphatic carbocycles. The molecule has 3 aromatic rings. The van der Waals surface area contributed by atoms with Gasteiger partial charge in [-0.1, -0.05) is 19.9 Å². The third kappa shape index (κ3) is 2.87. The van der Waals surface area contributed by atoms with Crippen LogP contribution < -0.4 is 20.5 Å². The van der Waals surface area contributed by atoms with Gasteiger partial charge in [0.15, 0.2) is 0 Å². The van der Waals surface area contributed by atoms with Crippen molar-refractivity contribution in [1.29, 1.82) is 0 Å². The lowest BCUT2D eigenvalue weighted by molar-refractivity contribution is 0.298. The minimum atomic E-state index is -0.270. The van der Waals surface area contributed by atoms with Crippen LogP contribution in [0.15, 0.2) is 35.8 Å². The average molecular weight is 407 g/mol. The van der Waals surface area contributed by atoms with Gasteiger partial charge in [0.2, 0.25) is 0 Å². The third-order valence-corrected chi connectivity index (χ3v) is 7.64. The van der Waals surface area contributed by atoms with E-state index >= 15 is 0 Å². The Morgan fingerprint density at radius 2 is 2.10 bits per heavy atom. The SMILES string of the molecule is CNC1(C)N=c2sc3c(NCc4cccnc4)ncnc3c2=C2C1CCC2(C)C. The van der Waals surface area contributed by atoms with E-state index in [9.17, 15) is 0 Å². The summed E-state index contributed by atoms with van der Waals surface area (Å²) in [5.74, 6) is 1.27. The highest BCUT2D eigenvalue weighted by molar-refractivity contribution is 7.17. The Balaban J connectivity index is 1.71. The lowest BCUT2D eigenvalue weighted by Gasteiger charge is -2.36. The summed E-state index contributed by atoms with van der Waals surface area (Å²) in [6.07, 6.45) is 7.66. The predicted octanol–water partition coefficient (Wildman–Crippen LogP) is 2.85. The molecule has 5 rings (SSSR count). The van der Waals surface area contributed by atoms with Crippen molar-refractivity contribution in [2.24, 2.45) is 16.3 Å². The Morgan fingerprint density at radius 3 is 2.86 bits per heavy atom. The smallest absolute Gasteiger partial charge is 0.147 e. The Morgan fingerprint density at radius 1 is 1.24 bits per heavy atom. The van der Waals surface area contributed by atoms with Crippen LogP contribution in [-0.4, -0.2) is 27.7 Å². The summed E-state index contributed by atoms with van der Waals surface area (Å²) < 4.78 is 2.16. The van der Waals surface area contributed by atoms with Gasteiger partial charge in [0.1, 0.15) is 22.5 Å². The van der Waals surface area contributed by atoms with Crippen LogP contribution in [0, 0.1) is 11.3 Å². The van der Waals surface area contributed by atoms with Gasteiger partial charge in [-0.2, -0.15) is 0 Å². The van der Waals surface area contributed by atoms with E-state index in [-0.39, 0.29) is 11.1 Å². The molecule has 1 aliphatic heterocycles. The van der Waals surface area contributed by atoms with Crippen molar-refractivity contribution in [3.8, 4) is 0 Å². The van der Waals surface area contributed by atoms with E-state index in [0.717, 1.165) is 32.7 Å². The van der Waals surface area contributed by atoms with Gasteiger partial charge in [-0.15, -0.1) is 11.3 Å². The highest BCUT2D eigenvalue weighted by atomic mass is 32.1. The Hall–Kier alpha value is -2.38. The van der Waals surface area contributed by atoms with Crippen LogP contribution in [0.3, 0.4) is 0 Å². The number of hydrogen-bond acceptors (Lipinski definition) is 7. The van der Waals surface area contributed by atoms with Crippen LogP contribution in [0.5, 0.6) is 0 Å². The molecule has 2 unspecified atom stereocenters. The maximum Gasteiger partial charge on any atom is 0.147 e. The summed E-state index contributed by atoms with van der Waals surface area (Å²) in [5, 5.41) is 8.22. The van der Waals surface area contributed by atoms with E-state index in [0.29, 0.717) is 12.5 Å². The molecule has 0 aromatic carbocycles. The number of nitrogens with one attached hydrogen (secondary N) is 2. The maximum absolute atomic E-state index is 5.18. The molecule has 0 saturated heterocycles. The van der Waals surface area contributed by atoms with Crippen LogP contribution >= 0.6 is 11.3 Å². The third-order valence-electron chi connectivity index (χ3n) is 6.56. The van der Waals surface area contributed by atoms with Crippen LogP contribution in [0.25, 0.3) is 15.8 Å². The lowest BCUT2D eigenvalue weighted by atomic mass is 9.78. The number of aromatic nitrogens is 3. The standard InChI is InChI=1S/C22H26N6S/c1-21(2)8-7-14-16(21)15-17-18(29-20(15)28-22(14,3)23-4)19(27-12-26-17)25-11-13-6-5-9-24-10-13/h5-6,9-10,12,14,23H,7-8,11H2,1-4H3,(H,25,26,27). The Labute approximate surface area is 174 Å². The van der Waals surface area contributed by atoms with Crippen molar-refractivity contribution >= 4 is 32.9 Å². The zero-order valence-electron chi connectivity index (χ0n) is 17.3. The minimum Gasteiger partial charge on any atom is -0.365 e. The minimum absolute atomic E-state index is 0.149. The highest BCUT2D eigenvalue weighted by Crippen LogP contribution is 2.51. The number of fused-ring (bicyclic) bond motifs is 4. The fourth-order valence-electron chi connectivity index (χ4n) is 4.88. The zero-order valence-corrected chi connectivity index (χ0v) is 18.1. The summed E-state index contributed by atoms with van der Waals surface area (Å²) in [4.78, 5) is 18.6. The first kappa shape index (κ1) is 18.6. The second-order valence-corrected chi connectivity index (χ2v) is 9.79. The first-order valence-corrected chi connectivity index (χ1v) is 10.9. The molecule has 1 saturated carbocycles. The van der Waals surface area contributed by atoms with Gasteiger partial charge in [0, 0.05) is 30.1 Å². The van der Waals surface area contributed by atoms with Crippen molar-refractivity contribution in [3.63, 3.8) is 0 Å². The molecule has 150 valence electrons. The summed E-state index contributed by atoms with van der Waals surface area (Å²) >= 11 is 1.70. The summed E-state index contributed by atoms with van der Waals surface area (Å²) in [6, 6.07) is 4.01. The van der Waals surface area contributed by atoms with Gasteiger partial charge in [-0.05, 0) is 49.4 Å². The number of anilines is 1. The van der Waals surface area contributed by atoms with Crippen molar-refractivity contribution in [2.45, 2.75) is 45.8 Å². The average Bonchev–Trinajstić information content (AvgIpc) is 3.24. The fourth-order valence-corrected chi connectivity index (χ4v) is 6.09. The molecule has 6 nitrogen and oxygen atoms in total. The van der Waals surface area contributed by atoms with Gasteiger partial charge < -0.3 is 5.32 Å².